The highest BCUT2D eigenvalue weighted by Gasteiger charge is 2.12. The first-order chi connectivity index (χ1) is 8.22. The Kier molecular flexibility index (Phi) is 2.43. The lowest BCUT2D eigenvalue weighted by Gasteiger charge is -2.06. The van der Waals surface area contributed by atoms with E-state index in [1.165, 1.54) is 36.0 Å². The molecule has 1 aromatic heterocycles. The molecule has 1 heterocycles. The maximum Gasteiger partial charge on any atom is 0.126 e. The molecule has 1 aromatic carbocycles. The highest BCUT2D eigenvalue weighted by molar-refractivity contribution is 5.61. The van der Waals surface area contributed by atoms with Crippen LogP contribution < -0.4 is 0 Å². The van der Waals surface area contributed by atoms with Crippen molar-refractivity contribution in [3.63, 3.8) is 0 Å². The molecular weight excluding hydrogens is 208 g/mol. The van der Waals surface area contributed by atoms with Crippen LogP contribution in [-0.2, 0) is 12.8 Å². The van der Waals surface area contributed by atoms with Gasteiger partial charge in [-0.05, 0) is 56.4 Å². The number of aromatic nitrogens is 2. The lowest BCUT2D eigenvalue weighted by molar-refractivity contribution is 0.912. The lowest BCUT2D eigenvalue weighted by atomic mass is 10.0. The molecule has 0 N–H and O–H groups in total. The maximum atomic E-state index is 4.52. The number of aryl methyl sites for hydroxylation is 4. The largest absolute Gasteiger partial charge is 0.239 e. The molecule has 2 heteroatoms. The van der Waals surface area contributed by atoms with Gasteiger partial charge in [0.15, 0.2) is 0 Å². The van der Waals surface area contributed by atoms with Gasteiger partial charge in [0.2, 0.25) is 0 Å². The van der Waals surface area contributed by atoms with Gasteiger partial charge in [-0.2, -0.15) is 0 Å². The van der Waals surface area contributed by atoms with Crippen molar-refractivity contribution in [2.45, 2.75) is 33.1 Å². The summed E-state index contributed by atoms with van der Waals surface area (Å²) in [6.45, 7) is 3.97. The van der Waals surface area contributed by atoms with Gasteiger partial charge in [0.1, 0.15) is 5.82 Å². The summed E-state index contributed by atoms with van der Waals surface area (Å²) in [7, 11) is 0. The average Bonchev–Trinajstić information content (AvgIpc) is 2.74. The van der Waals surface area contributed by atoms with Crippen molar-refractivity contribution >= 4 is 0 Å². The van der Waals surface area contributed by atoms with Crippen LogP contribution >= 0.6 is 0 Å². The number of hydrogen-bond acceptors (Lipinski definition) is 2. The van der Waals surface area contributed by atoms with Crippen LogP contribution in [0.4, 0.5) is 0 Å². The third-order valence-electron chi connectivity index (χ3n) is 3.36. The van der Waals surface area contributed by atoms with E-state index in [4.69, 9.17) is 0 Å². The molecular formula is C15H16N2. The summed E-state index contributed by atoms with van der Waals surface area (Å²) in [5, 5.41) is 0. The summed E-state index contributed by atoms with van der Waals surface area (Å²) in [6.07, 6.45) is 3.74. The van der Waals surface area contributed by atoms with E-state index >= 15 is 0 Å². The number of fused-ring (bicyclic) bond motifs is 1. The van der Waals surface area contributed by atoms with E-state index in [9.17, 15) is 0 Å². The quantitative estimate of drug-likeness (QED) is 0.743. The third kappa shape index (κ3) is 1.95. The molecule has 86 valence electrons. The van der Waals surface area contributed by atoms with Gasteiger partial charge in [-0.1, -0.05) is 12.1 Å². The highest BCUT2D eigenvalue weighted by atomic mass is 14.9. The fraction of sp³-hybridized carbons (Fsp3) is 0.333. The Morgan fingerprint density at radius 3 is 2.59 bits per heavy atom. The van der Waals surface area contributed by atoms with Crippen molar-refractivity contribution in [2.75, 3.05) is 0 Å². The van der Waals surface area contributed by atoms with E-state index in [1.54, 1.807) is 0 Å². The fourth-order valence-electron chi connectivity index (χ4n) is 2.60. The van der Waals surface area contributed by atoms with Gasteiger partial charge in [-0.25, -0.2) is 9.97 Å². The molecule has 0 fully saturated rings. The van der Waals surface area contributed by atoms with Crippen molar-refractivity contribution in [1.82, 2.24) is 9.97 Å². The van der Waals surface area contributed by atoms with Crippen LogP contribution in [0.25, 0.3) is 11.3 Å². The molecule has 1 aliphatic rings. The molecule has 1 aliphatic carbocycles. The van der Waals surface area contributed by atoms with Gasteiger partial charge in [-0.3, -0.25) is 0 Å². The molecule has 0 amide bonds. The molecule has 0 spiro atoms. The average molecular weight is 224 g/mol. The minimum atomic E-state index is 0.848. The van der Waals surface area contributed by atoms with Crippen LogP contribution in [0.5, 0.6) is 0 Å². The molecule has 0 saturated carbocycles. The monoisotopic (exact) mass is 224 g/mol. The number of nitrogens with zero attached hydrogens (tertiary/aromatic N) is 2. The summed E-state index contributed by atoms with van der Waals surface area (Å²) in [5.41, 5.74) is 6.31. The van der Waals surface area contributed by atoms with Crippen molar-refractivity contribution in [1.29, 1.82) is 0 Å². The maximum absolute atomic E-state index is 4.52. The Hall–Kier alpha value is -1.70. The summed E-state index contributed by atoms with van der Waals surface area (Å²) >= 11 is 0. The van der Waals surface area contributed by atoms with E-state index < -0.39 is 0 Å². The Bertz CT molecular complexity index is 553. The van der Waals surface area contributed by atoms with Crippen molar-refractivity contribution < 1.29 is 0 Å². The third-order valence-corrected chi connectivity index (χ3v) is 3.36. The Morgan fingerprint density at radius 2 is 1.76 bits per heavy atom. The van der Waals surface area contributed by atoms with Gasteiger partial charge in [0, 0.05) is 11.3 Å². The van der Waals surface area contributed by atoms with Gasteiger partial charge in [0.25, 0.3) is 0 Å². The Balaban J connectivity index is 2.09. The van der Waals surface area contributed by atoms with Crippen LogP contribution in [0.15, 0.2) is 24.3 Å². The summed E-state index contributed by atoms with van der Waals surface area (Å²) < 4.78 is 0. The van der Waals surface area contributed by atoms with Gasteiger partial charge >= 0.3 is 0 Å². The first-order valence-electron chi connectivity index (χ1n) is 6.17. The van der Waals surface area contributed by atoms with E-state index in [0.29, 0.717) is 0 Å². The zero-order valence-electron chi connectivity index (χ0n) is 10.3. The summed E-state index contributed by atoms with van der Waals surface area (Å²) in [5.74, 6) is 0.848. The number of rotatable bonds is 1. The molecule has 0 bridgehead atoms. The minimum absolute atomic E-state index is 0.848. The SMILES string of the molecule is Cc1cc(-c2ccc3c(c2)CCC3)nc(C)n1. The second-order valence-electron chi connectivity index (χ2n) is 4.78. The number of benzene rings is 1. The molecule has 17 heavy (non-hydrogen) atoms. The van der Waals surface area contributed by atoms with Gasteiger partial charge < -0.3 is 0 Å². The van der Waals surface area contributed by atoms with E-state index in [1.807, 2.05) is 13.8 Å². The van der Waals surface area contributed by atoms with E-state index in [2.05, 4.69) is 34.2 Å². The van der Waals surface area contributed by atoms with E-state index in [-0.39, 0.29) is 0 Å². The minimum Gasteiger partial charge on any atom is -0.239 e. The summed E-state index contributed by atoms with van der Waals surface area (Å²) in [6, 6.07) is 8.79. The highest BCUT2D eigenvalue weighted by Crippen LogP contribution is 2.27. The van der Waals surface area contributed by atoms with Gasteiger partial charge in [-0.15, -0.1) is 0 Å². The molecule has 3 rings (SSSR count). The number of hydrogen-bond donors (Lipinski definition) is 0. The fourth-order valence-corrected chi connectivity index (χ4v) is 2.60. The zero-order chi connectivity index (χ0) is 11.8. The smallest absolute Gasteiger partial charge is 0.126 e. The predicted molar refractivity (Wildman–Crippen MR) is 69.0 cm³/mol. The molecule has 0 saturated heterocycles. The van der Waals surface area contributed by atoms with Crippen LogP contribution in [0.2, 0.25) is 0 Å². The standard InChI is InChI=1S/C15H16N2/c1-10-8-15(17-11(2)16-10)14-7-6-12-4-3-5-13(12)9-14/h6-9H,3-5H2,1-2H3. The zero-order valence-corrected chi connectivity index (χ0v) is 10.3. The normalized spacial score (nSPS) is 13.8. The van der Waals surface area contributed by atoms with Crippen LogP contribution in [0.3, 0.4) is 0 Å². The first-order valence-corrected chi connectivity index (χ1v) is 6.17. The second-order valence-corrected chi connectivity index (χ2v) is 4.78. The predicted octanol–water partition coefficient (Wildman–Crippen LogP) is 3.25. The lowest BCUT2D eigenvalue weighted by Crippen LogP contribution is -1.94. The first kappa shape index (κ1) is 10.5. The second kappa shape index (κ2) is 3.95. The van der Waals surface area contributed by atoms with Crippen molar-refractivity contribution in [3.05, 3.63) is 46.9 Å². The molecule has 0 atom stereocenters. The Morgan fingerprint density at radius 1 is 0.941 bits per heavy atom. The van der Waals surface area contributed by atoms with Crippen molar-refractivity contribution in [2.24, 2.45) is 0 Å². The molecule has 2 aromatic rings. The topological polar surface area (TPSA) is 25.8 Å². The Labute approximate surface area is 102 Å². The van der Waals surface area contributed by atoms with Crippen LogP contribution in [0, 0.1) is 13.8 Å². The molecule has 0 aliphatic heterocycles. The van der Waals surface area contributed by atoms with Crippen LogP contribution in [-0.4, -0.2) is 9.97 Å². The molecule has 2 nitrogen and oxygen atoms in total. The molecule has 0 unspecified atom stereocenters. The van der Waals surface area contributed by atoms with Gasteiger partial charge in [0.05, 0.1) is 5.69 Å². The van der Waals surface area contributed by atoms with Crippen molar-refractivity contribution in [3.8, 4) is 11.3 Å². The molecule has 0 radical (unpaired) electrons. The van der Waals surface area contributed by atoms with E-state index in [0.717, 1.165) is 17.2 Å². The summed E-state index contributed by atoms with van der Waals surface area (Å²) in [4.78, 5) is 8.84. The van der Waals surface area contributed by atoms with Crippen LogP contribution in [0.1, 0.15) is 29.1 Å².